The van der Waals surface area contributed by atoms with Crippen molar-refractivity contribution >= 4 is 5.71 Å². The van der Waals surface area contributed by atoms with Crippen molar-refractivity contribution < 1.29 is 0 Å². The van der Waals surface area contributed by atoms with Crippen LogP contribution in [0.4, 0.5) is 0 Å². The Bertz CT molecular complexity index is 999. The maximum Gasteiger partial charge on any atom is 0.137 e. The molecule has 0 bridgehead atoms. The van der Waals surface area contributed by atoms with E-state index in [1.807, 2.05) is 18.3 Å². The molecule has 0 unspecified atom stereocenters. The van der Waals surface area contributed by atoms with Gasteiger partial charge in [-0.1, -0.05) is 42.5 Å². The lowest BCUT2D eigenvalue weighted by Crippen LogP contribution is -2.15. The summed E-state index contributed by atoms with van der Waals surface area (Å²) in [6.07, 6.45) is 3.59. The Morgan fingerprint density at radius 2 is 2.04 bits per heavy atom. The molecule has 2 aromatic carbocycles. The van der Waals surface area contributed by atoms with E-state index in [2.05, 4.69) is 58.6 Å². The number of imidazole rings is 1. The molecule has 1 aromatic heterocycles. The fraction of sp³-hybridized carbons (Fsp3) is 0.182. The van der Waals surface area contributed by atoms with Gasteiger partial charge in [0.25, 0.3) is 0 Å². The number of rotatable bonds is 5. The number of benzene rings is 2. The van der Waals surface area contributed by atoms with Crippen molar-refractivity contribution in [2.75, 3.05) is 13.1 Å². The number of nitrogens with zero attached hydrogens (tertiary/aromatic N) is 2. The van der Waals surface area contributed by atoms with Crippen molar-refractivity contribution in [2.24, 2.45) is 10.7 Å². The molecule has 4 rings (SSSR count). The first-order chi connectivity index (χ1) is 13.2. The molecule has 4 N–H and O–H groups in total. The van der Waals surface area contributed by atoms with Gasteiger partial charge in [0, 0.05) is 47.9 Å². The number of hydrogen-bond donors (Lipinski definition) is 3. The molecule has 0 saturated carbocycles. The monoisotopic (exact) mass is 357 g/mol. The molecule has 136 valence electrons. The van der Waals surface area contributed by atoms with Crippen LogP contribution in [0, 0.1) is 6.92 Å². The second-order valence-electron chi connectivity index (χ2n) is 6.73. The summed E-state index contributed by atoms with van der Waals surface area (Å²) in [6, 6.07) is 16.6. The van der Waals surface area contributed by atoms with E-state index in [4.69, 9.17) is 10.7 Å². The summed E-state index contributed by atoms with van der Waals surface area (Å²) in [4.78, 5) is 12.5. The van der Waals surface area contributed by atoms with Crippen LogP contribution in [-0.4, -0.2) is 28.8 Å². The van der Waals surface area contributed by atoms with E-state index in [9.17, 15) is 0 Å². The largest absolute Gasteiger partial charge is 0.401 e. The Kier molecular flexibility index (Phi) is 4.85. The lowest BCUT2D eigenvalue weighted by atomic mass is 9.97. The maximum atomic E-state index is 6.25. The highest BCUT2D eigenvalue weighted by Gasteiger charge is 2.19. The minimum Gasteiger partial charge on any atom is -0.401 e. The molecule has 3 aromatic rings. The van der Waals surface area contributed by atoms with E-state index in [0.717, 1.165) is 46.0 Å². The molecule has 0 amide bonds. The van der Waals surface area contributed by atoms with Crippen molar-refractivity contribution in [2.45, 2.75) is 13.5 Å². The Morgan fingerprint density at radius 1 is 1.15 bits per heavy atom. The molecule has 0 atom stereocenters. The number of nitrogens with one attached hydrogen (secondary N) is 2. The number of H-pyrrole nitrogens is 1. The predicted octanol–water partition coefficient (Wildman–Crippen LogP) is 3.19. The van der Waals surface area contributed by atoms with Crippen LogP contribution in [0.1, 0.15) is 16.7 Å². The number of aliphatic imine (C=N–C) groups is 1. The van der Waals surface area contributed by atoms with Gasteiger partial charge in [-0.05, 0) is 24.1 Å². The van der Waals surface area contributed by atoms with Gasteiger partial charge in [0.2, 0.25) is 0 Å². The van der Waals surface area contributed by atoms with Gasteiger partial charge < -0.3 is 16.0 Å². The highest BCUT2D eigenvalue weighted by Crippen LogP contribution is 2.20. The zero-order valence-corrected chi connectivity index (χ0v) is 15.4. The van der Waals surface area contributed by atoms with Crippen LogP contribution in [0.2, 0.25) is 0 Å². The molecular formula is C22H23N5. The minimum atomic E-state index is 0.592. The molecule has 1 aliphatic heterocycles. The van der Waals surface area contributed by atoms with Gasteiger partial charge in [-0.25, -0.2) is 4.98 Å². The number of aryl methyl sites for hydroxylation is 1. The van der Waals surface area contributed by atoms with Crippen LogP contribution in [0.5, 0.6) is 0 Å². The molecule has 0 spiro atoms. The van der Waals surface area contributed by atoms with E-state index in [-0.39, 0.29) is 0 Å². The van der Waals surface area contributed by atoms with Gasteiger partial charge >= 0.3 is 0 Å². The van der Waals surface area contributed by atoms with Gasteiger partial charge in [0.1, 0.15) is 5.82 Å². The second-order valence-corrected chi connectivity index (χ2v) is 6.73. The molecule has 0 saturated heterocycles. The lowest BCUT2D eigenvalue weighted by Gasteiger charge is -2.12. The van der Waals surface area contributed by atoms with Crippen molar-refractivity contribution in [1.29, 1.82) is 0 Å². The first kappa shape index (κ1) is 17.2. The number of nitrogens with two attached hydrogens (primary N) is 1. The fourth-order valence-electron chi connectivity index (χ4n) is 3.37. The van der Waals surface area contributed by atoms with Crippen LogP contribution in [0.3, 0.4) is 0 Å². The maximum absolute atomic E-state index is 6.25. The average Bonchev–Trinajstić information content (AvgIpc) is 3.36. The quantitative estimate of drug-likeness (QED) is 0.614. The van der Waals surface area contributed by atoms with Crippen LogP contribution in [0.25, 0.3) is 11.4 Å². The molecule has 27 heavy (non-hydrogen) atoms. The van der Waals surface area contributed by atoms with Crippen LogP contribution in [-0.2, 0) is 6.54 Å². The summed E-state index contributed by atoms with van der Waals surface area (Å²) in [5.41, 5.74) is 13.8. The van der Waals surface area contributed by atoms with Crippen molar-refractivity contribution in [3.05, 3.63) is 88.9 Å². The summed E-state index contributed by atoms with van der Waals surface area (Å²) >= 11 is 0. The zero-order chi connectivity index (χ0) is 18.6. The highest BCUT2D eigenvalue weighted by molar-refractivity contribution is 6.14. The first-order valence-electron chi connectivity index (χ1n) is 9.10. The molecule has 0 aliphatic carbocycles. The van der Waals surface area contributed by atoms with Gasteiger partial charge in [0.15, 0.2) is 0 Å². The van der Waals surface area contributed by atoms with Crippen molar-refractivity contribution in [3.63, 3.8) is 0 Å². The Balaban J connectivity index is 1.69. The van der Waals surface area contributed by atoms with Gasteiger partial charge in [-0.2, -0.15) is 0 Å². The number of aromatic amines is 1. The molecular weight excluding hydrogens is 334 g/mol. The fourth-order valence-corrected chi connectivity index (χ4v) is 3.37. The SMILES string of the molecule is Cc1ccccc1C(=NCc1cccc(-c2ncc[nH]2)c1)C1=C(N)CNC1. The number of aromatic nitrogens is 2. The van der Waals surface area contributed by atoms with E-state index in [1.165, 1.54) is 5.56 Å². The molecule has 5 nitrogen and oxygen atoms in total. The third-order valence-corrected chi connectivity index (χ3v) is 4.81. The first-order valence-corrected chi connectivity index (χ1v) is 9.10. The molecule has 0 fully saturated rings. The van der Waals surface area contributed by atoms with Crippen LogP contribution >= 0.6 is 0 Å². The van der Waals surface area contributed by atoms with Crippen LogP contribution in [0.15, 0.2) is 77.2 Å². The minimum absolute atomic E-state index is 0.592. The summed E-state index contributed by atoms with van der Waals surface area (Å²) in [7, 11) is 0. The summed E-state index contributed by atoms with van der Waals surface area (Å²) in [5, 5.41) is 3.33. The smallest absolute Gasteiger partial charge is 0.137 e. The molecule has 5 heteroatoms. The third kappa shape index (κ3) is 3.68. The lowest BCUT2D eigenvalue weighted by molar-refractivity contribution is 0.866. The summed E-state index contributed by atoms with van der Waals surface area (Å²) in [5.74, 6) is 0.868. The Hall–Kier alpha value is -3.18. The highest BCUT2D eigenvalue weighted by atomic mass is 14.9. The van der Waals surface area contributed by atoms with Crippen molar-refractivity contribution in [3.8, 4) is 11.4 Å². The van der Waals surface area contributed by atoms with Gasteiger partial charge in [0.05, 0.1) is 12.3 Å². The normalized spacial score (nSPS) is 14.8. The average molecular weight is 357 g/mol. The molecule has 2 heterocycles. The van der Waals surface area contributed by atoms with Gasteiger partial charge in [-0.3, -0.25) is 4.99 Å². The predicted molar refractivity (Wildman–Crippen MR) is 110 cm³/mol. The second kappa shape index (κ2) is 7.60. The topological polar surface area (TPSA) is 79.1 Å². The van der Waals surface area contributed by atoms with Crippen molar-refractivity contribution in [1.82, 2.24) is 15.3 Å². The molecule has 1 aliphatic rings. The molecule has 0 radical (unpaired) electrons. The number of hydrogen-bond acceptors (Lipinski definition) is 4. The Morgan fingerprint density at radius 3 is 2.78 bits per heavy atom. The zero-order valence-electron chi connectivity index (χ0n) is 15.4. The van der Waals surface area contributed by atoms with E-state index in [1.54, 1.807) is 6.20 Å². The van der Waals surface area contributed by atoms with Gasteiger partial charge in [-0.15, -0.1) is 0 Å². The third-order valence-electron chi connectivity index (χ3n) is 4.81. The van der Waals surface area contributed by atoms with E-state index in [0.29, 0.717) is 13.1 Å². The van der Waals surface area contributed by atoms with Crippen LogP contribution < -0.4 is 11.1 Å². The van der Waals surface area contributed by atoms with E-state index >= 15 is 0 Å². The van der Waals surface area contributed by atoms with E-state index < -0.39 is 0 Å². The standard InChI is InChI=1S/C22H23N5/c1-15-5-2-3-8-18(15)21(19-13-24-14-20(19)23)27-12-16-6-4-7-17(11-16)22-25-9-10-26-22/h2-11,24H,12-14,23H2,1H3,(H,25,26). The summed E-state index contributed by atoms with van der Waals surface area (Å²) < 4.78 is 0. The Labute approximate surface area is 159 Å². The summed E-state index contributed by atoms with van der Waals surface area (Å²) in [6.45, 7) is 4.18.